The average Bonchev–Trinajstić information content (AvgIpc) is 3.02. The molecule has 2 N–H and O–H groups in total. The summed E-state index contributed by atoms with van der Waals surface area (Å²) in [5.41, 5.74) is 4.11. The molecule has 0 saturated carbocycles. The molecule has 0 radical (unpaired) electrons. The molecule has 8 heteroatoms. The minimum absolute atomic E-state index is 0.0166. The number of nitrogens with one attached hydrogen (secondary N) is 2. The number of aromatic amines is 1. The lowest BCUT2D eigenvalue weighted by Crippen LogP contribution is -2.38. The van der Waals surface area contributed by atoms with E-state index in [-0.39, 0.29) is 11.5 Å². The van der Waals surface area contributed by atoms with Crippen LogP contribution in [0.1, 0.15) is 89.8 Å². The van der Waals surface area contributed by atoms with Gasteiger partial charge >= 0.3 is 0 Å². The molecule has 3 aromatic rings. The molecule has 2 aliphatic heterocycles. The van der Waals surface area contributed by atoms with Crippen LogP contribution in [0.2, 0.25) is 0 Å². The van der Waals surface area contributed by atoms with Crippen LogP contribution in [0.15, 0.2) is 41.5 Å². The van der Waals surface area contributed by atoms with Crippen molar-refractivity contribution in [3.8, 4) is 0 Å². The molecule has 0 aliphatic carbocycles. The molecule has 232 valence electrons. The third kappa shape index (κ3) is 8.83. The number of halogens is 1. The maximum absolute atomic E-state index is 12.9. The lowest BCUT2D eigenvalue weighted by molar-refractivity contribution is 0.149. The Morgan fingerprint density at radius 2 is 1.50 bits per heavy atom. The summed E-state index contributed by atoms with van der Waals surface area (Å²) < 4.78 is 9.50. The van der Waals surface area contributed by atoms with Gasteiger partial charge in [-0.2, -0.15) is 0 Å². The molecule has 42 heavy (non-hydrogen) atoms. The van der Waals surface area contributed by atoms with Crippen molar-refractivity contribution in [2.24, 2.45) is 5.92 Å². The highest BCUT2D eigenvalue weighted by molar-refractivity contribution is 5.86. The van der Waals surface area contributed by atoms with Crippen molar-refractivity contribution in [3.63, 3.8) is 0 Å². The van der Waals surface area contributed by atoms with E-state index in [1.165, 1.54) is 43.4 Å². The number of benzene rings is 1. The second-order valence-electron chi connectivity index (χ2n) is 11.9. The zero-order chi connectivity index (χ0) is 30.6. The number of piperidine rings is 2. The van der Waals surface area contributed by atoms with E-state index in [0.29, 0.717) is 31.5 Å². The summed E-state index contributed by atoms with van der Waals surface area (Å²) >= 11 is 0. The maximum atomic E-state index is 12.9. The Hall–Kier alpha value is -2.84. The van der Waals surface area contributed by atoms with Crippen LogP contribution in [0.25, 0.3) is 11.0 Å². The number of hydrogen-bond donors (Lipinski definition) is 2. The summed E-state index contributed by atoms with van der Waals surface area (Å²) in [4.78, 5) is 30.0. The summed E-state index contributed by atoms with van der Waals surface area (Å²) in [6, 6.07) is 12.2. The van der Waals surface area contributed by atoms with E-state index >= 15 is 0 Å². The predicted molar refractivity (Wildman–Crippen MR) is 174 cm³/mol. The molecule has 0 atom stereocenters. The number of anilines is 1. The Kier molecular flexibility index (Phi) is 13.4. The number of nitrogens with zero attached hydrogens (tertiary/aromatic N) is 4. The number of alkyl halides is 1. The Morgan fingerprint density at radius 1 is 0.905 bits per heavy atom. The highest BCUT2D eigenvalue weighted by Crippen LogP contribution is 2.29. The summed E-state index contributed by atoms with van der Waals surface area (Å²) in [7, 11) is 0.500. The lowest BCUT2D eigenvalue weighted by Gasteiger charge is -2.34. The Labute approximate surface area is 252 Å². The second kappa shape index (κ2) is 16.7. The van der Waals surface area contributed by atoms with Crippen molar-refractivity contribution < 1.29 is 4.39 Å². The summed E-state index contributed by atoms with van der Waals surface area (Å²) in [5.74, 6) is 1.82. The van der Waals surface area contributed by atoms with Crippen LogP contribution in [0.5, 0.6) is 0 Å². The van der Waals surface area contributed by atoms with E-state index in [9.17, 15) is 9.18 Å². The third-order valence-electron chi connectivity index (χ3n) is 8.73. The van der Waals surface area contributed by atoms with E-state index in [2.05, 4.69) is 82.0 Å². The van der Waals surface area contributed by atoms with Gasteiger partial charge in [-0.3, -0.25) is 9.18 Å². The van der Waals surface area contributed by atoms with Crippen molar-refractivity contribution >= 4 is 16.9 Å². The number of likely N-dealkylation sites (tertiary alicyclic amines) is 2. The predicted octanol–water partition coefficient (Wildman–Crippen LogP) is 6.79. The molecule has 7 nitrogen and oxygen atoms in total. The maximum Gasteiger partial charge on any atom is 0.253 e. The molecule has 2 aromatic heterocycles. The van der Waals surface area contributed by atoms with E-state index < -0.39 is 0 Å². The van der Waals surface area contributed by atoms with E-state index in [4.69, 9.17) is 0 Å². The van der Waals surface area contributed by atoms with Gasteiger partial charge in [-0.15, -0.1) is 0 Å². The van der Waals surface area contributed by atoms with Gasteiger partial charge < -0.3 is 20.1 Å². The smallest absolute Gasteiger partial charge is 0.253 e. The fraction of sp³-hybridized carbons (Fsp3) is 0.618. The molecular weight excluding hydrogens is 527 g/mol. The summed E-state index contributed by atoms with van der Waals surface area (Å²) in [6.07, 6.45) is 7.26. The monoisotopic (exact) mass is 580 g/mol. The molecule has 5 rings (SSSR count). The fourth-order valence-corrected chi connectivity index (χ4v) is 6.26. The van der Waals surface area contributed by atoms with Gasteiger partial charge in [0.15, 0.2) is 0 Å². The van der Waals surface area contributed by atoms with Crippen LogP contribution >= 0.6 is 0 Å². The number of H-pyrrole nitrogens is 1. The largest absolute Gasteiger partial charge is 0.365 e. The van der Waals surface area contributed by atoms with E-state index in [0.717, 1.165) is 55.0 Å². The fourth-order valence-electron chi connectivity index (χ4n) is 6.26. The molecular formula is C34H53FN6O. The van der Waals surface area contributed by atoms with E-state index in [1.54, 1.807) is 0 Å². The van der Waals surface area contributed by atoms with Crippen molar-refractivity contribution in [1.29, 1.82) is 0 Å². The summed E-state index contributed by atoms with van der Waals surface area (Å²) in [5, 5.41) is 4.43. The first kappa shape index (κ1) is 33.7. The van der Waals surface area contributed by atoms with Crippen LogP contribution in [0.4, 0.5) is 10.2 Å². The lowest BCUT2D eigenvalue weighted by atomic mass is 9.89. The van der Waals surface area contributed by atoms with Gasteiger partial charge in [-0.1, -0.05) is 38.1 Å². The number of rotatable bonds is 8. The van der Waals surface area contributed by atoms with Crippen LogP contribution < -0.4 is 10.9 Å². The first-order valence-electron chi connectivity index (χ1n) is 15.9. The van der Waals surface area contributed by atoms with Crippen LogP contribution in [0, 0.1) is 5.92 Å². The normalized spacial score (nSPS) is 17.1. The molecule has 2 saturated heterocycles. The molecule has 0 amide bonds. The van der Waals surface area contributed by atoms with Gasteiger partial charge in [-0.25, -0.2) is 9.97 Å². The van der Waals surface area contributed by atoms with Gasteiger partial charge in [0.1, 0.15) is 17.8 Å². The SMILES string of the molecule is CC.CC(C)N1CCC(Cc2cccc(CNc3ncnc4[nH]c(=O)c(C5CCN(C(C)C)CC5)cc34)c2)CC1.CF. The molecule has 2 fully saturated rings. The highest BCUT2D eigenvalue weighted by atomic mass is 19.1. The molecule has 0 unspecified atom stereocenters. The van der Waals surface area contributed by atoms with Gasteiger partial charge in [0, 0.05) is 24.2 Å². The Bertz CT molecular complexity index is 1280. The summed E-state index contributed by atoms with van der Waals surface area (Å²) in [6.45, 7) is 18.3. The topological polar surface area (TPSA) is 77.1 Å². The molecule has 4 heterocycles. The third-order valence-corrected chi connectivity index (χ3v) is 8.73. The van der Waals surface area contributed by atoms with Gasteiger partial charge in [0.25, 0.3) is 5.56 Å². The Balaban J connectivity index is 0.00000116. The average molecular weight is 581 g/mol. The van der Waals surface area contributed by atoms with Crippen molar-refractivity contribution in [2.75, 3.05) is 38.7 Å². The van der Waals surface area contributed by atoms with Gasteiger partial charge in [0.2, 0.25) is 0 Å². The van der Waals surface area contributed by atoms with Crippen LogP contribution in [-0.2, 0) is 13.0 Å². The van der Waals surface area contributed by atoms with E-state index in [1.807, 2.05) is 19.9 Å². The quantitative estimate of drug-likeness (QED) is 0.305. The first-order valence-corrected chi connectivity index (χ1v) is 15.9. The zero-order valence-electron chi connectivity index (χ0n) is 26.9. The highest BCUT2D eigenvalue weighted by Gasteiger charge is 2.25. The molecule has 2 aliphatic rings. The second-order valence-corrected chi connectivity index (χ2v) is 11.9. The number of fused-ring (bicyclic) bond motifs is 1. The molecule has 1 aromatic carbocycles. The molecule has 0 spiro atoms. The minimum atomic E-state index is -0.0166. The standard InChI is InChI=1S/C31H44N6O.C2H6.CH3F/c1-21(2)36-12-8-23(9-13-36)16-24-6-5-7-25(17-24)19-32-29-28-18-27(31(38)35-30(28)34-20-33-29)26-10-14-37(15-11-26)22(3)4;2*1-2/h5-7,17-18,20-23,26H,8-16,19H2,1-4H3,(H2,32,33,34,35,38);1-2H3;1H3. The molecule has 0 bridgehead atoms. The zero-order valence-corrected chi connectivity index (χ0v) is 26.9. The van der Waals surface area contributed by atoms with Crippen molar-refractivity contribution in [3.05, 3.63) is 63.7 Å². The van der Waals surface area contributed by atoms with Crippen molar-refractivity contribution in [1.82, 2.24) is 24.8 Å². The van der Waals surface area contributed by atoms with Gasteiger partial charge in [-0.05, 0) is 115 Å². The van der Waals surface area contributed by atoms with Crippen LogP contribution in [-0.4, -0.2) is 70.2 Å². The Morgan fingerprint density at radius 3 is 2.12 bits per heavy atom. The minimum Gasteiger partial charge on any atom is -0.365 e. The van der Waals surface area contributed by atoms with Crippen LogP contribution in [0.3, 0.4) is 0 Å². The van der Waals surface area contributed by atoms with Crippen molar-refractivity contribution in [2.45, 2.75) is 98.2 Å². The number of aromatic nitrogens is 3. The number of hydrogen-bond acceptors (Lipinski definition) is 6. The number of pyridine rings is 1. The van der Waals surface area contributed by atoms with Gasteiger partial charge in [0.05, 0.1) is 12.6 Å². The first-order chi connectivity index (χ1) is 20.4.